The quantitative estimate of drug-likeness (QED) is 0.794. The van der Waals surface area contributed by atoms with Gasteiger partial charge in [-0.05, 0) is 48.4 Å². The molecule has 2 N–H and O–H groups in total. The van der Waals surface area contributed by atoms with Crippen molar-refractivity contribution in [2.45, 2.75) is 36.6 Å². The predicted molar refractivity (Wildman–Crippen MR) is 103 cm³/mol. The highest BCUT2D eigenvalue weighted by atomic mass is 32.2. The zero-order chi connectivity index (χ0) is 19.4. The summed E-state index contributed by atoms with van der Waals surface area (Å²) in [5.41, 5.74) is 1.27. The van der Waals surface area contributed by atoms with E-state index in [9.17, 15) is 17.6 Å². The van der Waals surface area contributed by atoms with Crippen molar-refractivity contribution >= 4 is 27.4 Å². The number of amides is 2. The maximum atomic E-state index is 13.6. The first-order chi connectivity index (χ1) is 12.8. The molecule has 0 spiro atoms. The van der Waals surface area contributed by atoms with Crippen LogP contribution >= 0.6 is 11.3 Å². The predicted octanol–water partition coefficient (Wildman–Crippen LogP) is 2.85. The SMILES string of the molecule is Cc1ccc(CNC(=O)N2CCC(NS(=O)(=O)c3cccs3)CC2)cc1F. The summed E-state index contributed by atoms with van der Waals surface area (Å²) in [4.78, 5) is 13.9. The number of halogens is 1. The first-order valence-corrected chi connectivity index (χ1v) is 11.0. The number of aryl methyl sites for hydroxylation is 1. The van der Waals surface area contributed by atoms with Crippen LogP contribution in [0.3, 0.4) is 0 Å². The molecule has 0 bridgehead atoms. The van der Waals surface area contributed by atoms with Crippen LogP contribution < -0.4 is 10.0 Å². The van der Waals surface area contributed by atoms with Gasteiger partial charge in [0, 0.05) is 25.7 Å². The van der Waals surface area contributed by atoms with Crippen molar-refractivity contribution in [3.05, 3.63) is 52.7 Å². The number of likely N-dealkylation sites (tertiary alicyclic amines) is 1. The molecule has 2 amide bonds. The molecule has 2 heterocycles. The van der Waals surface area contributed by atoms with Gasteiger partial charge in [-0.15, -0.1) is 11.3 Å². The monoisotopic (exact) mass is 411 g/mol. The molecule has 1 fully saturated rings. The molecular formula is C18H22FN3O3S2. The van der Waals surface area contributed by atoms with E-state index < -0.39 is 10.0 Å². The van der Waals surface area contributed by atoms with Crippen molar-refractivity contribution in [1.29, 1.82) is 0 Å². The van der Waals surface area contributed by atoms with E-state index >= 15 is 0 Å². The maximum Gasteiger partial charge on any atom is 0.317 e. The van der Waals surface area contributed by atoms with Crippen molar-refractivity contribution in [3.8, 4) is 0 Å². The first-order valence-electron chi connectivity index (χ1n) is 8.69. The number of benzene rings is 1. The van der Waals surface area contributed by atoms with E-state index in [0.29, 0.717) is 41.3 Å². The van der Waals surface area contributed by atoms with Crippen LogP contribution in [-0.4, -0.2) is 38.5 Å². The number of rotatable bonds is 5. The largest absolute Gasteiger partial charge is 0.334 e. The second-order valence-corrected chi connectivity index (χ2v) is 9.45. The minimum Gasteiger partial charge on any atom is -0.334 e. The standard InChI is InChI=1S/C18H22FN3O3S2/c1-13-4-5-14(11-16(13)19)12-20-18(23)22-8-6-15(7-9-22)21-27(24,25)17-3-2-10-26-17/h2-5,10-11,15,21H,6-9,12H2,1H3,(H,20,23). The Morgan fingerprint density at radius 3 is 2.67 bits per heavy atom. The number of hydrogen-bond acceptors (Lipinski definition) is 4. The molecule has 9 heteroatoms. The van der Waals surface area contributed by atoms with Crippen LogP contribution in [0.25, 0.3) is 0 Å². The topological polar surface area (TPSA) is 78.5 Å². The third-order valence-corrected chi connectivity index (χ3v) is 7.46. The van der Waals surface area contributed by atoms with E-state index in [0.717, 1.165) is 0 Å². The highest BCUT2D eigenvalue weighted by molar-refractivity contribution is 7.91. The van der Waals surface area contributed by atoms with Gasteiger partial charge in [0.05, 0.1) is 0 Å². The van der Waals surface area contributed by atoms with Crippen molar-refractivity contribution < 1.29 is 17.6 Å². The van der Waals surface area contributed by atoms with E-state index in [2.05, 4.69) is 10.0 Å². The number of thiophene rings is 1. The Labute approximate surface area is 162 Å². The lowest BCUT2D eigenvalue weighted by atomic mass is 10.1. The van der Waals surface area contributed by atoms with E-state index in [1.54, 1.807) is 41.5 Å². The maximum absolute atomic E-state index is 13.6. The lowest BCUT2D eigenvalue weighted by molar-refractivity contribution is 0.179. The summed E-state index contributed by atoms with van der Waals surface area (Å²) in [5, 5.41) is 4.51. The lowest BCUT2D eigenvalue weighted by Crippen LogP contribution is -2.49. The van der Waals surface area contributed by atoms with Crippen molar-refractivity contribution in [2.24, 2.45) is 0 Å². The lowest BCUT2D eigenvalue weighted by Gasteiger charge is -2.32. The fourth-order valence-corrected chi connectivity index (χ4v) is 5.24. The van der Waals surface area contributed by atoms with Crippen LogP contribution in [0.2, 0.25) is 0 Å². The van der Waals surface area contributed by atoms with Gasteiger partial charge in [0.2, 0.25) is 10.0 Å². The third kappa shape index (κ3) is 5.06. The normalized spacial score (nSPS) is 15.7. The van der Waals surface area contributed by atoms with E-state index in [1.165, 1.54) is 17.4 Å². The van der Waals surface area contributed by atoms with Gasteiger partial charge < -0.3 is 10.2 Å². The van der Waals surface area contributed by atoms with Crippen LogP contribution in [0.1, 0.15) is 24.0 Å². The minimum atomic E-state index is -3.49. The second-order valence-electron chi connectivity index (χ2n) is 6.56. The summed E-state index contributed by atoms with van der Waals surface area (Å²) >= 11 is 1.18. The fourth-order valence-electron chi connectivity index (χ4n) is 2.93. The number of hydrogen-bond donors (Lipinski definition) is 2. The summed E-state index contributed by atoms with van der Waals surface area (Å²) in [6, 6.07) is 7.74. The Bertz CT molecular complexity index is 893. The number of urea groups is 1. The molecule has 0 aliphatic carbocycles. The molecule has 6 nitrogen and oxygen atoms in total. The summed E-state index contributed by atoms with van der Waals surface area (Å²) in [5.74, 6) is -0.291. The molecule has 2 aromatic rings. The molecule has 0 atom stereocenters. The molecule has 27 heavy (non-hydrogen) atoms. The van der Waals surface area contributed by atoms with Crippen LogP contribution in [0.4, 0.5) is 9.18 Å². The summed E-state index contributed by atoms with van der Waals surface area (Å²) in [7, 11) is -3.49. The van der Waals surface area contributed by atoms with Crippen LogP contribution in [0.15, 0.2) is 39.9 Å². The summed E-state index contributed by atoms with van der Waals surface area (Å²) in [6.07, 6.45) is 1.11. The molecule has 1 aromatic heterocycles. The van der Waals surface area contributed by atoms with Gasteiger partial charge in [0.25, 0.3) is 0 Å². The smallest absolute Gasteiger partial charge is 0.317 e. The van der Waals surface area contributed by atoms with Crippen LogP contribution in [0, 0.1) is 12.7 Å². The molecule has 0 saturated carbocycles. The highest BCUT2D eigenvalue weighted by Crippen LogP contribution is 2.19. The zero-order valence-corrected chi connectivity index (χ0v) is 16.6. The highest BCUT2D eigenvalue weighted by Gasteiger charge is 2.27. The van der Waals surface area contributed by atoms with E-state index in [-0.39, 0.29) is 24.4 Å². The number of nitrogens with zero attached hydrogens (tertiary/aromatic N) is 1. The van der Waals surface area contributed by atoms with Gasteiger partial charge in [0.15, 0.2) is 0 Å². The number of piperidine rings is 1. The van der Waals surface area contributed by atoms with Crippen molar-refractivity contribution in [3.63, 3.8) is 0 Å². The average Bonchev–Trinajstić information content (AvgIpc) is 3.18. The van der Waals surface area contributed by atoms with E-state index in [4.69, 9.17) is 0 Å². The molecular weight excluding hydrogens is 389 g/mol. The Morgan fingerprint density at radius 2 is 2.04 bits per heavy atom. The summed E-state index contributed by atoms with van der Waals surface area (Å²) in [6.45, 7) is 2.87. The average molecular weight is 412 g/mol. The second kappa shape index (κ2) is 8.37. The Hall–Kier alpha value is -1.97. The van der Waals surface area contributed by atoms with Gasteiger partial charge in [0.1, 0.15) is 10.0 Å². The van der Waals surface area contributed by atoms with Crippen molar-refractivity contribution in [1.82, 2.24) is 14.9 Å². The molecule has 146 valence electrons. The van der Waals surface area contributed by atoms with Gasteiger partial charge in [-0.1, -0.05) is 18.2 Å². The molecule has 1 aromatic carbocycles. The Kier molecular flexibility index (Phi) is 6.13. The number of carbonyl (C=O) groups excluding carboxylic acids is 1. The molecule has 0 radical (unpaired) electrons. The fraction of sp³-hybridized carbons (Fsp3) is 0.389. The molecule has 1 aliphatic rings. The van der Waals surface area contributed by atoms with Gasteiger partial charge in [-0.2, -0.15) is 0 Å². The number of carbonyl (C=O) groups is 1. The molecule has 3 rings (SSSR count). The number of sulfonamides is 1. The molecule has 1 aliphatic heterocycles. The van der Waals surface area contributed by atoms with Gasteiger partial charge in [-0.3, -0.25) is 0 Å². The molecule has 0 unspecified atom stereocenters. The zero-order valence-electron chi connectivity index (χ0n) is 14.9. The Morgan fingerprint density at radius 1 is 1.30 bits per heavy atom. The minimum absolute atomic E-state index is 0.188. The summed E-state index contributed by atoms with van der Waals surface area (Å²) < 4.78 is 41.1. The molecule has 1 saturated heterocycles. The number of nitrogens with one attached hydrogen (secondary N) is 2. The van der Waals surface area contributed by atoms with Crippen molar-refractivity contribution in [2.75, 3.05) is 13.1 Å². The van der Waals surface area contributed by atoms with Gasteiger partial charge >= 0.3 is 6.03 Å². The third-order valence-electron chi connectivity index (χ3n) is 4.54. The first kappa shape index (κ1) is 19.8. The van der Waals surface area contributed by atoms with Crippen LogP contribution in [-0.2, 0) is 16.6 Å². The van der Waals surface area contributed by atoms with E-state index in [1.807, 2.05) is 0 Å². The van der Waals surface area contributed by atoms with Gasteiger partial charge in [-0.25, -0.2) is 22.3 Å². The Balaban J connectivity index is 1.47. The van der Waals surface area contributed by atoms with Crippen LogP contribution in [0.5, 0.6) is 0 Å².